The highest BCUT2D eigenvalue weighted by Crippen LogP contribution is 2.36. The molecule has 14 nitrogen and oxygen atoms in total. The van der Waals surface area contributed by atoms with Gasteiger partial charge in [0, 0.05) is 31.9 Å². The van der Waals surface area contributed by atoms with Crippen LogP contribution in [0.5, 0.6) is 0 Å². The van der Waals surface area contributed by atoms with Gasteiger partial charge in [0.15, 0.2) is 17.4 Å². The quantitative estimate of drug-likeness (QED) is 0.0283. The lowest BCUT2D eigenvalue weighted by molar-refractivity contribution is -0.158. The summed E-state index contributed by atoms with van der Waals surface area (Å²) in [6.07, 6.45) is 29.2. The van der Waals surface area contributed by atoms with E-state index in [1.54, 1.807) is 58.3 Å². The Kier molecular flexibility index (Phi) is 20.8. The number of rotatable bonds is 27. The number of ether oxygens (including phenoxy) is 4. The first-order valence-corrected chi connectivity index (χ1v) is 21.1. The summed E-state index contributed by atoms with van der Waals surface area (Å²) in [5.74, 6) is -1.95. The van der Waals surface area contributed by atoms with E-state index in [-0.39, 0.29) is 72.3 Å². The molecule has 1 fully saturated rings. The molecule has 2 aromatic rings. The van der Waals surface area contributed by atoms with Crippen LogP contribution in [0.4, 0.5) is 0 Å². The molecule has 1 aliphatic rings. The number of carboxylic acids is 1. The summed E-state index contributed by atoms with van der Waals surface area (Å²) in [6, 6.07) is 0. The highest BCUT2D eigenvalue weighted by Gasteiger charge is 2.42. The topological polar surface area (TPSA) is 201 Å². The Morgan fingerprint density at radius 2 is 1.51 bits per heavy atom. The molecule has 0 saturated carbocycles. The number of carbonyl (C=O) groups excluding carboxylic acids is 3. The van der Waals surface area contributed by atoms with Gasteiger partial charge in [-0.3, -0.25) is 14.4 Å². The summed E-state index contributed by atoms with van der Waals surface area (Å²) in [6.45, 7) is 14.9. The van der Waals surface area contributed by atoms with Crippen molar-refractivity contribution in [3.8, 4) is 0 Å². The molecule has 0 amide bonds. The van der Waals surface area contributed by atoms with E-state index < -0.39 is 47.7 Å². The molecule has 3 heterocycles. The zero-order valence-electron chi connectivity index (χ0n) is 37.8. The normalized spacial score (nSPS) is 18.8. The van der Waals surface area contributed by atoms with Gasteiger partial charge in [0.05, 0.1) is 31.5 Å². The van der Waals surface area contributed by atoms with Crippen LogP contribution in [0.2, 0.25) is 0 Å². The average Bonchev–Trinajstić information content (AvgIpc) is 3.54. The number of carboxylic acid groups (broad SMARTS) is 1. The van der Waals surface area contributed by atoms with E-state index >= 15 is 0 Å². The minimum atomic E-state index is -1.13. The molecule has 1 aliphatic heterocycles. The van der Waals surface area contributed by atoms with Crippen molar-refractivity contribution in [1.82, 2.24) is 9.97 Å². The van der Waals surface area contributed by atoms with Crippen molar-refractivity contribution in [2.24, 2.45) is 16.7 Å². The SMILES string of the molecule is C/C=C/[C@H](OC(=O)CCC(=O)O)C(C)(C)[C@H](C/C=C\[C@H]1O[C@H]1/C=C/C=C\c1nc(C(C)=O)co1)OC(=O)c1coc(C[C@H](/C=C/C=C\C=C/CC(C)C(C)(C)[C@@H](O)/C=C/C)OC)n1. The van der Waals surface area contributed by atoms with Crippen LogP contribution in [0.1, 0.15) is 114 Å². The van der Waals surface area contributed by atoms with Gasteiger partial charge >= 0.3 is 17.9 Å². The predicted molar refractivity (Wildman–Crippen MR) is 238 cm³/mol. The number of Topliss-reactive ketones (excluding diaryl/α,β-unsaturated/α-hetero) is 1. The van der Waals surface area contributed by atoms with E-state index in [0.717, 1.165) is 6.42 Å². The van der Waals surface area contributed by atoms with Crippen LogP contribution in [0, 0.1) is 16.7 Å². The molecule has 2 N–H and O–H groups in total. The van der Waals surface area contributed by atoms with E-state index in [0.29, 0.717) is 5.89 Å². The van der Waals surface area contributed by atoms with Crippen LogP contribution < -0.4 is 0 Å². The second-order valence-electron chi connectivity index (χ2n) is 16.4. The van der Waals surface area contributed by atoms with Crippen molar-refractivity contribution in [2.75, 3.05) is 7.11 Å². The second-order valence-corrected chi connectivity index (χ2v) is 16.4. The van der Waals surface area contributed by atoms with Crippen molar-refractivity contribution in [2.45, 2.75) is 124 Å². The molecular weight excluding hydrogens is 809 g/mol. The third-order valence-corrected chi connectivity index (χ3v) is 10.9. The maximum atomic E-state index is 13.6. The van der Waals surface area contributed by atoms with E-state index in [2.05, 4.69) is 36.8 Å². The number of carbonyl (C=O) groups is 4. The number of nitrogens with zero attached hydrogens (tertiary/aromatic N) is 2. The zero-order valence-corrected chi connectivity index (χ0v) is 37.8. The van der Waals surface area contributed by atoms with Crippen molar-refractivity contribution >= 4 is 29.8 Å². The molecule has 14 heteroatoms. The molecule has 342 valence electrons. The Morgan fingerprint density at radius 3 is 2.17 bits per heavy atom. The summed E-state index contributed by atoms with van der Waals surface area (Å²) < 4.78 is 34.1. The Balaban J connectivity index is 1.68. The largest absolute Gasteiger partial charge is 0.481 e. The molecule has 2 aromatic heterocycles. The van der Waals surface area contributed by atoms with Gasteiger partial charge in [-0.15, -0.1) is 0 Å². The first-order valence-electron chi connectivity index (χ1n) is 21.1. The molecule has 1 saturated heterocycles. The number of aliphatic hydroxyl groups excluding tert-OH is 1. The van der Waals surface area contributed by atoms with Gasteiger partial charge in [-0.2, -0.15) is 0 Å². The first kappa shape index (κ1) is 51.6. The minimum absolute atomic E-state index is 0.0543. The first-order chi connectivity index (χ1) is 29.9. The number of methoxy groups -OCH3 is 1. The monoisotopic (exact) mass is 872 g/mol. The van der Waals surface area contributed by atoms with Crippen LogP contribution >= 0.6 is 0 Å². The van der Waals surface area contributed by atoms with Crippen molar-refractivity contribution in [3.63, 3.8) is 0 Å². The Morgan fingerprint density at radius 1 is 0.810 bits per heavy atom. The highest BCUT2D eigenvalue weighted by molar-refractivity contribution is 5.91. The molecular formula is C49H64N2O12. The van der Waals surface area contributed by atoms with Crippen LogP contribution in [-0.2, 0) is 35.0 Å². The molecule has 7 atom stereocenters. The zero-order chi connectivity index (χ0) is 46.6. The number of allylic oxidation sites excluding steroid dienone is 9. The van der Waals surface area contributed by atoms with Crippen LogP contribution in [0.25, 0.3) is 6.08 Å². The lowest BCUT2D eigenvalue weighted by Crippen LogP contribution is -2.44. The fourth-order valence-electron chi connectivity index (χ4n) is 6.12. The molecule has 63 heavy (non-hydrogen) atoms. The second kappa shape index (κ2) is 25.4. The fraction of sp³-hybridized carbons (Fsp3) is 0.469. The standard InChI is InChI=1S/C49H64N2O12/c1-10-20-40(53)48(5,6)33(3)22-15-13-12-14-16-23-35(58-9)30-44-51-37(32-60-44)47(57)63-42(49(7,8)41(21-11-2)62-46(56)29-28-45(54)55)26-19-25-39-38(61-39)24-17-18-27-43-50-36(31-59-43)34(4)52/h10-21,23-25,27,31-33,35,38-42,53H,22,26,28-30H2,1-9H3,(H,54,55)/b14-12-,15-13-,20-10+,21-11+,23-16+,24-17+,25-19-,27-18-/t33?,35-,38-,39+,40-,41-,42-/m0/s1. The molecule has 3 rings (SSSR count). The minimum Gasteiger partial charge on any atom is -0.481 e. The van der Waals surface area contributed by atoms with Gasteiger partial charge in [0.1, 0.15) is 42.6 Å². The van der Waals surface area contributed by atoms with Crippen molar-refractivity contribution in [3.05, 3.63) is 127 Å². The van der Waals surface area contributed by atoms with Gasteiger partial charge in [0.25, 0.3) is 0 Å². The number of oxazole rings is 2. The number of ketones is 1. The van der Waals surface area contributed by atoms with Gasteiger partial charge in [0.2, 0.25) is 5.89 Å². The van der Waals surface area contributed by atoms with E-state index in [1.807, 2.05) is 67.7 Å². The number of aliphatic hydroxyl groups is 1. The fourth-order valence-corrected chi connectivity index (χ4v) is 6.12. The number of esters is 2. The number of aliphatic carboxylic acids is 1. The van der Waals surface area contributed by atoms with E-state index in [4.69, 9.17) is 32.9 Å². The third kappa shape index (κ3) is 17.2. The smallest absolute Gasteiger partial charge is 0.360 e. The van der Waals surface area contributed by atoms with Crippen molar-refractivity contribution in [1.29, 1.82) is 0 Å². The summed E-state index contributed by atoms with van der Waals surface area (Å²) in [5, 5.41) is 19.5. The van der Waals surface area contributed by atoms with Crippen LogP contribution in [0.15, 0.2) is 113 Å². The Bertz CT molecular complexity index is 2040. The molecule has 0 radical (unpaired) electrons. The average molecular weight is 873 g/mol. The lowest BCUT2D eigenvalue weighted by Gasteiger charge is -2.38. The number of epoxide rings is 1. The Hall–Kier alpha value is -5.70. The number of hydrogen-bond donors (Lipinski definition) is 2. The van der Waals surface area contributed by atoms with Crippen LogP contribution in [-0.4, -0.2) is 87.6 Å². The molecule has 0 aliphatic carbocycles. The Labute approximate surface area is 370 Å². The van der Waals surface area contributed by atoms with Crippen LogP contribution in [0.3, 0.4) is 0 Å². The summed E-state index contributed by atoms with van der Waals surface area (Å²) >= 11 is 0. The summed E-state index contributed by atoms with van der Waals surface area (Å²) in [4.78, 5) is 57.4. The number of hydrogen-bond acceptors (Lipinski definition) is 13. The predicted octanol–water partition coefficient (Wildman–Crippen LogP) is 8.97. The summed E-state index contributed by atoms with van der Waals surface area (Å²) in [7, 11) is 1.56. The molecule has 0 bridgehead atoms. The van der Waals surface area contributed by atoms with E-state index in [9.17, 15) is 24.3 Å². The molecule has 1 unspecified atom stereocenters. The number of aromatic nitrogens is 2. The van der Waals surface area contributed by atoms with E-state index in [1.165, 1.54) is 19.5 Å². The third-order valence-electron chi connectivity index (χ3n) is 10.9. The van der Waals surface area contributed by atoms with Gasteiger partial charge in [-0.1, -0.05) is 120 Å². The van der Waals surface area contributed by atoms with Gasteiger partial charge in [-0.25, -0.2) is 14.8 Å². The highest BCUT2D eigenvalue weighted by atomic mass is 16.6. The molecule has 0 spiro atoms. The lowest BCUT2D eigenvalue weighted by atomic mass is 9.73. The summed E-state index contributed by atoms with van der Waals surface area (Å²) in [5.41, 5.74) is -1.08. The molecule has 0 aromatic carbocycles. The van der Waals surface area contributed by atoms with Gasteiger partial charge < -0.3 is 38.0 Å². The van der Waals surface area contributed by atoms with Gasteiger partial charge in [-0.05, 0) is 37.7 Å². The van der Waals surface area contributed by atoms with Crippen molar-refractivity contribution < 1.29 is 57.2 Å². The maximum absolute atomic E-state index is 13.6. The maximum Gasteiger partial charge on any atom is 0.360 e.